The molecule has 27 heavy (non-hydrogen) atoms. The number of hydrogen-bond donors (Lipinski definition) is 3. The number of aliphatic hydroxyl groups is 1. The number of aromatic hydroxyl groups is 1. The first kappa shape index (κ1) is 20.5. The highest BCUT2D eigenvalue weighted by molar-refractivity contribution is 7.80. The van der Waals surface area contributed by atoms with Gasteiger partial charge in [-0.3, -0.25) is 4.79 Å². The summed E-state index contributed by atoms with van der Waals surface area (Å²) in [5.74, 6) is -1.03. The third-order valence-electron chi connectivity index (χ3n) is 3.54. The lowest BCUT2D eigenvalue weighted by Crippen LogP contribution is -2.25. The average molecular weight is 388 g/mol. The van der Waals surface area contributed by atoms with Crippen LogP contribution in [0.4, 0.5) is 0 Å². The molecule has 2 aromatic carbocycles. The molecular weight excluding hydrogens is 368 g/mol. The number of phenolic OH excluding ortho intramolecular Hbond substituents is 1. The summed E-state index contributed by atoms with van der Waals surface area (Å²) in [6, 6.07) is 11.2. The summed E-state index contributed by atoms with van der Waals surface area (Å²) in [4.78, 5) is 24.1. The third-order valence-corrected chi connectivity index (χ3v) is 3.89. The molecule has 2 N–H and O–H groups in total. The number of carbonyl (C=O) groups is 2. The molecule has 2 rings (SSSR count). The van der Waals surface area contributed by atoms with E-state index in [1.165, 1.54) is 19.1 Å². The van der Waals surface area contributed by atoms with Gasteiger partial charge in [-0.1, -0.05) is 36.9 Å². The molecule has 0 spiro atoms. The predicted molar refractivity (Wildman–Crippen MR) is 103 cm³/mol. The number of phenols is 1. The van der Waals surface area contributed by atoms with E-state index in [4.69, 9.17) is 9.47 Å². The van der Waals surface area contributed by atoms with Gasteiger partial charge in [0.05, 0.1) is 5.56 Å². The maximum Gasteiger partial charge on any atom is 0.333 e. The zero-order valence-electron chi connectivity index (χ0n) is 14.7. The van der Waals surface area contributed by atoms with Gasteiger partial charge in [-0.15, -0.1) is 12.6 Å². The van der Waals surface area contributed by atoms with Crippen molar-refractivity contribution < 1.29 is 29.3 Å². The molecule has 0 saturated carbocycles. The molecule has 0 heterocycles. The van der Waals surface area contributed by atoms with Crippen molar-refractivity contribution in [2.45, 2.75) is 17.9 Å². The Bertz CT molecular complexity index is 847. The van der Waals surface area contributed by atoms with Crippen LogP contribution in [0.15, 0.2) is 59.5 Å². The highest BCUT2D eigenvalue weighted by Gasteiger charge is 2.17. The molecule has 0 aliphatic carbocycles. The lowest BCUT2D eigenvalue weighted by molar-refractivity contribution is -0.142. The van der Waals surface area contributed by atoms with Crippen LogP contribution in [0.3, 0.4) is 0 Å². The minimum Gasteiger partial charge on any atom is -0.507 e. The van der Waals surface area contributed by atoms with Crippen LogP contribution in [0.2, 0.25) is 0 Å². The van der Waals surface area contributed by atoms with Crippen molar-refractivity contribution in [1.29, 1.82) is 0 Å². The van der Waals surface area contributed by atoms with Gasteiger partial charge in [-0.05, 0) is 13.0 Å². The molecule has 0 amide bonds. The van der Waals surface area contributed by atoms with E-state index >= 15 is 0 Å². The molecular formula is C20H20O6S. The number of esters is 1. The Kier molecular flexibility index (Phi) is 7.04. The number of rotatable bonds is 8. The van der Waals surface area contributed by atoms with Crippen molar-refractivity contribution in [3.8, 4) is 11.5 Å². The second-order valence-corrected chi connectivity index (χ2v) is 6.36. The first-order valence-corrected chi connectivity index (χ1v) is 8.53. The number of ketones is 1. The normalized spacial score (nSPS) is 11.5. The monoisotopic (exact) mass is 388 g/mol. The second kappa shape index (κ2) is 9.25. The molecule has 7 heteroatoms. The highest BCUT2D eigenvalue weighted by atomic mass is 32.1. The molecule has 0 saturated heterocycles. The Morgan fingerprint density at radius 2 is 1.85 bits per heavy atom. The van der Waals surface area contributed by atoms with E-state index in [1.54, 1.807) is 30.3 Å². The van der Waals surface area contributed by atoms with Gasteiger partial charge < -0.3 is 19.7 Å². The van der Waals surface area contributed by atoms with Gasteiger partial charge in [0.2, 0.25) is 0 Å². The summed E-state index contributed by atoms with van der Waals surface area (Å²) >= 11 is 4.27. The van der Waals surface area contributed by atoms with E-state index in [0.717, 1.165) is 0 Å². The van der Waals surface area contributed by atoms with E-state index < -0.39 is 12.1 Å². The Balaban J connectivity index is 2.03. The maximum absolute atomic E-state index is 12.5. The van der Waals surface area contributed by atoms with Gasteiger partial charge in [0.1, 0.15) is 30.8 Å². The molecule has 0 radical (unpaired) electrons. The van der Waals surface area contributed by atoms with Crippen molar-refractivity contribution in [3.05, 3.63) is 65.7 Å². The number of hydrogen-bond acceptors (Lipinski definition) is 7. The summed E-state index contributed by atoms with van der Waals surface area (Å²) in [5, 5.41) is 20.0. The van der Waals surface area contributed by atoms with Crippen LogP contribution in [-0.4, -0.2) is 41.3 Å². The fourth-order valence-corrected chi connectivity index (χ4v) is 2.39. The Morgan fingerprint density at radius 1 is 1.19 bits per heavy atom. The largest absolute Gasteiger partial charge is 0.507 e. The van der Waals surface area contributed by atoms with Crippen LogP contribution >= 0.6 is 12.6 Å². The number of ether oxygens (including phenoxy) is 2. The second-order valence-electron chi connectivity index (χ2n) is 5.88. The zero-order valence-corrected chi connectivity index (χ0v) is 15.6. The standard InChI is InChI=1S/C20H20O6S/c1-12(2)20(24)26-11-14(21)10-25-17-9-16(22)15(8-18(17)27)19(23)13-6-4-3-5-7-13/h3-9,14,21-22,27H,1,10-11H2,2H3. The highest BCUT2D eigenvalue weighted by Crippen LogP contribution is 2.32. The van der Waals surface area contributed by atoms with Crippen LogP contribution < -0.4 is 4.74 Å². The summed E-state index contributed by atoms with van der Waals surface area (Å²) in [6.45, 7) is 4.49. The summed E-state index contributed by atoms with van der Waals surface area (Å²) in [6.07, 6.45) is -1.08. The summed E-state index contributed by atoms with van der Waals surface area (Å²) in [5.41, 5.74) is 0.753. The Labute approximate surface area is 162 Å². The fraction of sp³-hybridized carbons (Fsp3) is 0.200. The number of carbonyl (C=O) groups excluding carboxylic acids is 2. The van der Waals surface area contributed by atoms with E-state index in [0.29, 0.717) is 10.5 Å². The van der Waals surface area contributed by atoms with E-state index in [2.05, 4.69) is 19.2 Å². The number of aliphatic hydroxyl groups excluding tert-OH is 1. The summed E-state index contributed by atoms with van der Waals surface area (Å²) in [7, 11) is 0. The minimum atomic E-state index is -1.08. The molecule has 2 aromatic rings. The van der Waals surface area contributed by atoms with E-state index in [1.807, 2.05) is 0 Å². The van der Waals surface area contributed by atoms with E-state index in [-0.39, 0.29) is 41.6 Å². The van der Waals surface area contributed by atoms with Gasteiger partial charge in [-0.2, -0.15) is 0 Å². The van der Waals surface area contributed by atoms with E-state index in [9.17, 15) is 19.8 Å². The van der Waals surface area contributed by atoms with Gasteiger partial charge in [-0.25, -0.2) is 4.79 Å². The van der Waals surface area contributed by atoms with Crippen molar-refractivity contribution in [1.82, 2.24) is 0 Å². The maximum atomic E-state index is 12.5. The molecule has 0 aliphatic rings. The Morgan fingerprint density at radius 3 is 2.48 bits per heavy atom. The van der Waals surface area contributed by atoms with Gasteiger partial charge >= 0.3 is 5.97 Å². The van der Waals surface area contributed by atoms with Crippen molar-refractivity contribution in [3.63, 3.8) is 0 Å². The lowest BCUT2D eigenvalue weighted by Gasteiger charge is -2.15. The molecule has 1 unspecified atom stereocenters. The predicted octanol–water partition coefficient (Wildman–Crippen LogP) is 2.77. The van der Waals surface area contributed by atoms with Crippen LogP contribution in [0, 0.1) is 0 Å². The average Bonchev–Trinajstić information content (AvgIpc) is 2.66. The topological polar surface area (TPSA) is 93.1 Å². The van der Waals surface area contributed by atoms with Gasteiger partial charge in [0.15, 0.2) is 5.78 Å². The summed E-state index contributed by atoms with van der Waals surface area (Å²) < 4.78 is 10.2. The van der Waals surface area contributed by atoms with Crippen molar-refractivity contribution in [2.75, 3.05) is 13.2 Å². The van der Waals surface area contributed by atoms with Crippen molar-refractivity contribution in [2.24, 2.45) is 0 Å². The van der Waals surface area contributed by atoms with Gasteiger partial charge in [0.25, 0.3) is 0 Å². The first-order valence-electron chi connectivity index (χ1n) is 8.08. The number of thiol groups is 1. The SMILES string of the molecule is C=C(C)C(=O)OCC(O)COc1cc(O)c(C(=O)c2ccccc2)cc1S. The zero-order chi connectivity index (χ0) is 20.0. The lowest BCUT2D eigenvalue weighted by atomic mass is 10.0. The Hall–Kier alpha value is -2.77. The molecule has 0 aliphatic heterocycles. The van der Waals surface area contributed by atoms with Crippen LogP contribution in [0.1, 0.15) is 22.8 Å². The fourth-order valence-electron chi connectivity index (χ4n) is 2.13. The molecule has 1 atom stereocenters. The molecule has 142 valence electrons. The molecule has 0 bridgehead atoms. The number of benzene rings is 2. The van der Waals surface area contributed by atoms with Crippen molar-refractivity contribution >= 4 is 24.4 Å². The van der Waals surface area contributed by atoms with Crippen LogP contribution in [0.5, 0.6) is 11.5 Å². The first-order chi connectivity index (χ1) is 12.8. The van der Waals surface area contributed by atoms with Crippen LogP contribution in [0.25, 0.3) is 0 Å². The smallest absolute Gasteiger partial charge is 0.333 e. The van der Waals surface area contributed by atoms with Crippen LogP contribution in [-0.2, 0) is 9.53 Å². The molecule has 0 fully saturated rings. The van der Waals surface area contributed by atoms with Gasteiger partial charge in [0, 0.05) is 22.1 Å². The third kappa shape index (κ3) is 5.60. The minimum absolute atomic E-state index is 0.0921. The molecule has 0 aromatic heterocycles. The molecule has 6 nitrogen and oxygen atoms in total. The quantitative estimate of drug-likeness (QED) is 0.279.